The molecule has 1 aromatic heterocycles. The molecule has 3 heteroatoms. The lowest BCUT2D eigenvalue weighted by atomic mass is 9.99. The Labute approximate surface area is 119 Å². The maximum absolute atomic E-state index is 4.48. The van der Waals surface area contributed by atoms with Crippen molar-refractivity contribution in [2.75, 3.05) is 11.9 Å². The van der Waals surface area contributed by atoms with E-state index in [1.165, 1.54) is 27.1 Å². The summed E-state index contributed by atoms with van der Waals surface area (Å²) in [4.78, 5) is 5.73. The third-order valence-corrected chi connectivity index (χ3v) is 4.06. The molecule has 0 atom stereocenters. The van der Waals surface area contributed by atoms with Gasteiger partial charge in [-0.25, -0.2) is 4.98 Å². The topological polar surface area (TPSA) is 24.9 Å². The van der Waals surface area contributed by atoms with E-state index in [-0.39, 0.29) is 0 Å². The van der Waals surface area contributed by atoms with Crippen molar-refractivity contribution in [1.29, 1.82) is 0 Å². The van der Waals surface area contributed by atoms with Crippen LogP contribution in [0.5, 0.6) is 0 Å². The molecule has 0 bridgehead atoms. The highest BCUT2D eigenvalue weighted by atomic mass is 32.1. The predicted molar refractivity (Wildman–Crippen MR) is 85.1 cm³/mol. The number of thiazole rings is 1. The first-order valence-electron chi connectivity index (χ1n) is 6.75. The molecule has 0 fully saturated rings. The van der Waals surface area contributed by atoms with Gasteiger partial charge in [-0.1, -0.05) is 42.9 Å². The van der Waals surface area contributed by atoms with E-state index in [2.05, 4.69) is 57.1 Å². The third kappa shape index (κ3) is 3.35. The van der Waals surface area contributed by atoms with Gasteiger partial charge in [0.25, 0.3) is 0 Å². The lowest BCUT2D eigenvalue weighted by Gasteiger charge is -2.09. The minimum atomic E-state index is 0.634. The Kier molecular flexibility index (Phi) is 4.25. The van der Waals surface area contributed by atoms with Gasteiger partial charge in [0.05, 0.1) is 4.88 Å². The number of nitrogens with zero attached hydrogens (tertiary/aromatic N) is 1. The predicted octanol–water partition coefficient (Wildman–Crippen LogP) is 4.80. The van der Waals surface area contributed by atoms with Crippen molar-refractivity contribution in [2.45, 2.75) is 34.6 Å². The molecule has 0 saturated heterocycles. The van der Waals surface area contributed by atoms with E-state index in [0.29, 0.717) is 5.92 Å². The van der Waals surface area contributed by atoms with Crippen LogP contribution in [0.2, 0.25) is 0 Å². The lowest BCUT2D eigenvalue weighted by Crippen LogP contribution is -2.07. The van der Waals surface area contributed by atoms with Crippen LogP contribution in [0.4, 0.5) is 5.13 Å². The average molecular weight is 274 g/mol. The van der Waals surface area contributed by atoms with Crippen molar-refractivity contribution in [3.05, 3.63) is 35.0 Å². The summed E-state index contributed by atoms with van der Waals surface area (Å²) >= 11 is 1.74. The molecule has 0 amide bonds. The van der Waals surface area contributed by atoms with E-state index in [1.54, 1.807) is 11.3 Å². The van der Waals surface area contributed by atoms with E-state index in [0.717, 1.165) is 11.7 Å². The van der Waals surface area contributed by atoms with Gasteiger partial charge < -0.3 is 5.32 Å². The second-order valence-corrected chi connectivity index (χ2v) is 6.61. The molecule has 2 aromatic rings. The summed E-state index contributed by atoms with van der Waals surface area (Å²) in [5, 5.41) is 4.41. The molecule has 0 aliphatic heterocycles. The van der Waals surface area contributed by atoms with Crippen LogP contribution in [-0.2, 0) is 0 Å². The van der Waals surface area contributed by atoms with Crippen LogP contribution in [0.1, 0.15) is 30.5 Å². The van der Waals surface area contributed by atoms with Gasteiger partial charge in [-0.3, -0.25) is 0 Å². The Hall–Kier alpha value is -1.35. The molecule has 2 nitrogen and oxygen atoms in total. The van der Waals surface area contributed by atoms with E-state index >= 15 is 0 Å². The molecule has 0 radical (unpaired) electrons. The highest BCUT2D eigenvalue weighted by molar-refractivity contribution is 7.18. The van der Waals surface area contributed by atoms with Crippen LogP contribution in [0.3, 0.4) is 0 Å². The van der Waals surface area contributed by atoms with Crippen LogP contribution in [0.25, 0.3) is 10.4 Å². The molecule has 0 aliphatic rings. The van der Waals surface area contributed by atoms with Crippen LogP contribution in [0, 0.1) is 26.7 Å². The fourth-order valence-corrected chi connectivity index (χ4v) is 3.33. The number of benzene rings is 1. The SMILES string of the molecule is Cc1cc(C)c(-c2cnc(NCC(C)C)s2)c(C)c1. The number of hydrogen-bond donors (Lipinski definition) is 1. The summed E-state index contributed by atoms with van der Waals surface area (Å²) in [5.74, 6) is 0.634. The largest absolute Gasteiger partial charge is 0.361 e. The van der Waals surface area contributed by atoms with E-state index < -0.39 is 0 Å². The lowest BCUT2D eigenvalue weighted by molar-refractivity contribution is 0.688. The van der Waals surface area contributed by atoms with Gasteiger partial charge in [0.2, 0.25) is 0 Å². The van der Waals surface area contributed by atoms with Crippen molar-refractivity contribution < 1.29 is 0 Å². The van der Waals surface area contributed by atoms with E-state index in [9.17, 15) is 0 Å². The first-order chi connectivity index (χ1) is 8.97. The summed E-state index contributed by atoms with van der Waals surface area (Å²) in [6.07, 6.45) is 1.98. The Bertz CT molecular complexity index is 547. The molecule has 19 heavy (non-hydrogen) atoms. The van der Waals surface area contributed by atoms with Crippen molar-refractivity contribution in [3.8, 4) is 10.4 Å². The van der Waals surface area contributed by atoms with Crippen LogP contribution in [0.15, 0.2) is 18.3 Å². The van der Waals surface area contributed by atoms with E-state index in [4.69, 9.17) is 0 Å². The van der Waals surface area contributed by atoms with Crippen molar-refractivity contribution >= 4 is 16.5 Å². The first kappa shape index (κ1) is 14.1. The molecule has 102 valence electrons. The van der Waals surface area contributed by atoms with Gasteiger partial charge in [-0.2, -0.15) is 0 Å². The average Bonchev–Trinajstić information content (AvgIpc) is 2.73. The maximum atomic E-state index is 4.48. The number of nitrogens with one attached hydrogen (secondary N) is 1. The zero-order valence-electron chi connectivity index (χ0n) is 12.4. The summed E-state index contributed by atoms with van der Waals surface area (Å²) in [7, 11) is 0. The Morgan fingerprint density at radius 1 is 1.16 bits per heavy atom. The normalized spacial score (nSPS) is 11.1. The van der Waals surface area contributed by atoms with E-state index in [1.807, 2.05) is 6.20 Å². The summed E-state index contributed by atoms with van der Waals surface area (Å²) < 4.78 is 0. The van der Waals surface area contributed by atoms with Gasteiger partial charge in [0.1, 0.15) is 0 Å². The number of hydrogen-bond acceptors (Lipinski definition) is 3. The molecule has 1 aromatic carbocycles. The Morgan fingerprint density at radius 3 is 2.37 bits per heavy atom. The molecule has 1 N–H and O–H groups in total. The third-order valence-electron chi connectivity index (χ3n) is 3.09. The fraction of sp³-hybridized carbons (Fsp3) is 0.438. The number of anilines is 1. The smallest absolute Gasteiger partial charge is 0.183 e. The Balaban J connectivity index is 2.28. The standard InChI is InChI=1S/C16H22N2S/c1-10(2)8-17-16-18-9-14(19-16)15-12(4)6-11(3)7-13(15)5/h6-7,9-10H,8H2,1-5H3,(H,17,18). The van der Waals surface area contributed by atoms with Crippen LogP contribution < -0.4 is 5.32 Å². The van der Waals surface area contributed by atoms with Gasteiger partial charge in [-0.15, -0.1) is 0 Å². The summed E-state index contributed by atoms with van der Waals surface area (Å²) in [6.45, 7) is 11.9. The zero-order valence-corrected chi connectivity index (χ0v) is 13.2. The zero-order chi connectivity index (χ0) is 14.0. The monoisotopic (exact) mass is 274 g/mol. The second-order valence-electron chi connectivity index (χ2n) is 5.58. The van der Waals surface area contributed by atoms with Crippen molar-refractivity contribution in [3.63, 3.8) is 0 Å². The molecule has 0 spiro atoms. The minimum Gasteiger partial charge on any atom is -0.361 e. The van der Waals surface area contributed by atoms with Crippen molar-refractivity contribution in [2.24, 2.45) is 5.92 Å². The molecule has 2 rings (SSSR count). The van der Waals surface area contributed by atoms with Crippen molar-refractivity contribution in [1.82, 2.24) is 4.98 Å². The van der Waals surface area contributed by atoms with Gasteiger partial charge in [0.15, 0.2) is 5.13 Å². The molecule has 0 aliphatic carbocycles. The second kappa shape index (κ2) is 5.74. The molecular formula is C16H22N2S. The first-order valence-corrected chi connectivity index (χ1v) is 7.57. The quantitative estimate of drug-likeness (QED) is 0.866. The molecule has 1 heterocycles. The molecular weight excluding hydrogens is 252 g/mol. The summed E-state index contributed by atoms with van der Waals surface area (Å²) in [5.41, 5.74) is 5.32. The Morgan fingerprint density at radius 2 is 1.79 bits per heavy atom. The van der Waals surface area contributed by atoms with Crippen LogP contribution in [-0.4, -0.2) is 11.5 Å². The van der Waals surface area contributed by atoms with Gasteiger partial charge in [0, 0.05) is 12.7 Å². The van der Waals surface area contributed by atoms with Crippen LogP contribution >= 0.6 is 11.3 Å². The molecule has 0 saturated carbocycles. The maximum Gasteiger partial charge on any atom is 0.183 e. The number of aromatic nitrogens is 1. The minimum absolute atomic E-state index is 0.634. The number of rotatable bonds is 4. The molecule has 0 unspecified atom stereocenters. The summed E-state index contributed by atoms with van der Waals surface area (Å²) in [6, 6.07) is 4.48. The van der Waals surface area contributed by atoms with Gasteiger partial charge in [-0.05, 0) is 43.4 Å². The van der Waals surface area contributed by atoms with Gasteiger partial charge >= 0.3 is 0 Å². The highest BCUT2D eigenvalue weighted by Crippen LogP contribution is 2.34. The fourth-order valence-electron chi connectivity index (χ4n) is 2.33. The highest BCUT2D eigenvalue weighted by Gasteiger charge is 2.10. The number of aryl methyl sites for hydroxylation is 3.